The highest BCUT2D eigenvalue weighted by Crippen LogP contribution is 2.32. The van der Waals surface area contributed by atoms with E-state index in [2.05, 4.69) is 48.5 Å². The number of β-amino-alcohol motifs (C(OH)–C–C–N with tert-alkyl or cyclic N) is 1. The summed E-state index contributed by atoms with van der Waals surface area (Å²) >= 11 is 3.49. The second kappa shape index (κ2) is 11.8. The van der Waals surface area contributed by atoms with E-state index in [0.717, 1.165) is 21.7 Å². The summed E-state index contributed by atoms with van der Waals surface area (Å²) in [6, 6.07) is 19.4. The number of carbonyl (C=O) groups excluding carboxylic acids is 1. The van der Waals surface area contributed by atoms with Crippen molar-refractivity contribution in [1.29, 1.82) is 0 Å². The van der Waals surface area contributed by atoms with Crippen molar-refractivity contribution in [3.8, 4) is 0 Å². The third kappa shape index (κ3) is 6.22. The molecule has 0 spiro atoms. The first-order chi connectivity index (χ1) is 19.8. The predicted octanol–water partition coefficient (Wildman–Crippen LogP) is 4.95. The maximum absolute atomic E-state index is 13.3. The van der Waals surface area contributed by atoms with Crippen LogP contribution in [0, 0.1) is 12.7 Å². The number of aryl methyl sites for hydroxylation is 1. The van der Waals surface area contributed by atoms with Crippen LogP contribution in [0.5, 0.6) is 0 Å². The molecular weight excluding hydrogens is 658 g/mol. The number of amides is 1. The number of alkyl halides is 1. The summed E-state index contributed by atoms with van der Waals surface area (Å²) in [5.41, 5.74) is 3.29. The van der Waals surface area contributed by atoms with Gasteiger partial charge in [-0.15, -0.1) is 5.10 Å². The second-order valence-corrected chi connectivity index (χ2v) is 12.0. The largest absolute Gasteiger partial charge is 0.391 e. The molecule has 0 saturated carbocycles. The van der Waals surface area contributed by atoms with Gasteiger partial charge in [0.05, 0.1) is 6.10 Å². The van der Waals surface area contributed by atoms with Gasteiger partial charge in [-0.3, -0.25) is 14.8 Å². The van der Waals surface area contributed by atoms with Crippen LogP contribution in [0.2, 0.25) is 0 Å². The quantitative estimate of drug-likeness (QED) is 0.103. The number of halogens is 2. The molecule has 3 aromatic heterocycles. The minimum absolute atomic E-state index is 0.177. The zero-order chi connectivity index (χ0) is 28.5. The summed E-state index contributed by atoms with van der Waals surface area (Å²) in [7, 11) is 0. The molecule has 210 valence electrons. The summed E-state index contributed by atoms with van der Waals surface area (Å²) in [5.74, 6) is 0.644. The number of hydrogen-bond donors (Lipinski definition) is 4. The fourth-order valence-corrected chi connectivity index (χ4v) is 6.13. The molecule has 0 aliphatic carbocycles. The molecule has 0 bridgehead atoms. The van der Waals surface area contributed by atoms with Gasteiger partial charge in [0.25, 0.3) is 5.91 Å². The van der Waals surface area contributed by atoms with Gasteiger partial charge in [-0.25, -0.2) is 13.9 Å². The molecule has 1 aliphatic heterocycles. The van der Waals surface area contributed by atoms with E-state index in [-0.39, 0.29) is 17.6 Å². The highest BCUT2D eigenvalue weighted by molar-refractivity contribution is 14.1. The summed E-state index contributed by atoms with van der Waals surface area (Å²) in [4.78, 5) is 20.6. The van der Waals surface area contributed by atoms with E-state index in [1.807, 2.05) is 60.5 Å². The van der Waals surface area contributed by atoms with E-state index in [1.165, 1.54) is 23.9 Å². The molecule has 0 radical (unpaired) electrons. The molecule has 5 aromatic rings. The highest BCUT2D eigenvalue weighted by atomic mass is 127. The molecule has 1 fully saturated rings. The molecule has 4 heterocycles. The van der Waals surface area contributed by atoms with Crippen LogP contribution in [0.1, 0.15) is 17.2 Å². The van der Waals surface area contributed by atoms with Crippen molar-refractivity contribution in [3.63, 3.8) is 0 Å². The third-order valence-electron chi connectivity index (χ3n) is 6.81. The Morgan fingerprint density at radius 2 is 1.95 bits per heavy atom. The Balaban J connectivity index is 1.09. The van der Waals surface area contributed by atoms with Crippen molar-refractivity contribution in [1.82, 2.24) is 29.7 Å². The van der Waals surface area contributed by atoms with Crippen molar-refractivity contribution in [3.05, 3.63) is 90.0 Å². The van der Waals surface area contributed by atoms with Gasteiger partial charge in [-0.05, 0) is 72.8 Å². The van der Waals surface area contributed by atoms with Gasteiger partial charge < -0.3 is 15.7 Å². The first kappa shape index (κ1) is 27.6. The average molecular weight is 685 g/mol. The number of likely N-dealkylation sites (tertiary alicyclic amines) is 1. The van der Waals surface area contributed by atoms with Gasteiger partial charge in [-0.2, -0.15) is 5.10 Å². The molecule has 4 N–H and O–H groups in total. The summed E-state index contributed by atoms with van der Waals surface area (Å²) in [5, 5.41) is 29.1. The molecule has 1 aliphatic rings. The minimum atomic E-state index is -0.631. The summed E-state index contributed by atoms with van der Waals surface area (Å²) < 4.78 is 14.6. The maximum atomic E-state index is 13.3. The SMILES string of the molecule is Cc1cc(Nc2nc(Sc3ccc(NC(=O)C(I)N4CC(O)C(c5ccc(F)cc5)C4)cc3)nn3cccc23)n[nH]1. The maximum Gasteiger partial charge on any atom is 0.251 e. The number of aliphatic hydroxyl groups excluding tert-OH is 1. The topological polar surface area (TPSA) is 123 Å². The number of aromatic nitrogens is 5. The number of aromatic amines is 1. The smallest absolute Gasteiger partial charge is 0.251 e. The molecule has 41 heavy (non-hydrogen) atoms. The Hall–Kier alpha value is -3.53. The molecule has 2 aromatic carbocycles. The van der Waals surface area contributed by atoms with E-state index < -0.39 is 10.2 Å². The molecule has 3 atom stereocenters. The number of H-pyrrole nitrogens is 1. The Labute approximate surface area is 252 Å². The zero-order valence-electron chi connectivity index (χ0n) is 21.8. The second-order valence-electron chi connectivity index (χ2n) is 9.77. The van der Waals surface area contributed by atoms with Gasteiger partial charge in [0.15, 0.2) is 11.6 Å². The zero-order valence-corrected chi connectivity index (χ0v) is 24.8. The van der Waals surface area contributed by atoms with Crippen LogP contribution in [0.15, 0.2) is 83.0 Å². The lowest BCUT2D eigenvalue weighted by Gasteiger charge is -2.22. The summed E-state index contributed by atoms with van der Waals surface area (Å²) in [6.07, 6.45) is 1.23. The number of aliphatic hydroxyl groups is 1. The molecule has 1 saturated heterocycles. The van der Waals surface area contributed by atoms with Crippen LogP contribution in [0.3, 0.4) is 0 Å². The Morgan fingerprint density at radius 3 is 2.68 bits per heavy atom. The summed E-state index contributed by atoms with van der Waals surface area (Å²) in [6.45, 7) is 2.80. The molecule has 6 rings (SSSR count). The number of hydrogen-bond acceptors (Lipinski definition) is 8. The standard InChI is InChI=1S/C28H26FIN8O2S/c1-16-13-24(35-34-16)32-26-22-3-2-12-38(22)36-28(33-26)41-20-10-8-19(9-11-20)31-27(40)25(30)37-14-21(23(39)15-37)17-4-6-18(29)7-5-17/h2-13,21,23,25,39H,14-15H2,1H3,(H,31,40)(H2,32,33,34,35,36). The van der Waals surface area contributed by atoms with Crippen LogP contribution in [-0.2, 0) is 4.79 Å². The highest BCUT2D eigenvalue weighted by Gasteiger charge is 2.37. The van der Waals surface area contributed by atoms with Crippen LogP contribution < -0.4 is 10.6 Å². The monoisotopic (exact) mass is 684 g/mol. The van der Waals surface area contributed by atoms with Crippen molar-refractivity contribution in [2.45, 2.75) is 33.0 Å². The Bertz CT molecular complexity index is 1680. The fourth-order valence-electron chi connectivity index (χ4n) is 4.77. The first-order valence-corrected chi connectivity index (χ1v) is 14.9. The normalized spacial score (nSPS) is 18.0. The van der Waals surface area contributed by atoms with Crippen molar-refractivity contribution in [2.75, 3.05) is 23.7 Å². The molecule has 3 unspecified atom stereocenters. The van der Waals surface area contributed by atoms with E-state index >= 15 is 0 Å². The molecule has 10 nitrogen and oxygen atoms in total. The van der Waals surface area contributed by atoms with Crippen molar-refractivity contribution < 1.29 is 14.3 Å². The van der Waals surface area contributed by atoms with Gasteiger partial charge >= 0.3 is 0 Å². The molecule has 1 amide bonds. The first-order valence-electron chi connectivity index (χ1n) is 12.9. The predicted molar refractivity (Wildman–Crippen MR) is 163 cm³/mol. The van der Waals surface area contributed by atoms with Crippen LogP contribution in [-0.4, -0.2) is 64.0 Å². The lowest BCUT2D eigenvalue weighted by molar-refractivity contribution is -0.117. The Kier molecular flexibility index (Phi) is 7.92. The molecule has 13 heteroatoms. The van der Waals surface area contributed by atoms with Crippen molar-refractivity contribution in [2.24, 2.45) is 0 Å². The van der Waals surface area contributed by atoms with E-state index in [4.69, 9.17) is 4.98 Å². The Morgan fingerprint density at radius 1 is 1.17 bits per heavy atom. The van der Waals surface area contributed by atoms with Crippen LogP contribution >= 0.6 is 34.4 Å². The average Bonchev–Trinajstić information content (AvgIpc) is 3.70. The number of nitrogens with zero attached hydrogens (tertiary/aromatic N) is 5. The lowest BCUT2D eigenvalue weighted by atomic mass is 9.96. The number of fused-ring (bicyclic) bond motifs is 1. The van der Waals surface area contributed by atoms with Gasteiger partial charge in [0, 0.05) is 47.5 Å². The number of rotatable bonds is 8. The van der Waals surface area contributed by atoms with E-state index in [9.17, 15) is 14.3 Å². The van der Waals surface area contributed by atoms with Gasteiger partial charge in [-0.1, -0.05) is 34.7 Å². The fraction of sp³-hybridized carbons (Fsp3) is 0.214. The number of anilines is 3. The van der Waals surface area contributed by atoms with Crippen LogP contribution in [0.4, 0.5) is 21.7 Å². The number of nitrogens with one attached hydrogen (secondary N) is 3. The van der Waals surface area contributed by atoms with Crippen molar-refractivity contribution >= 4 is 63.1 Å². The number of carbonyl (C=O) groups is 1. The third-order valence-corrected chi connectivity index (χ3v) is 9.02. The minimum Gasteiger partial charge on any atom is -0.391 e. The van der Waals surface area contributed by atoms with Crippen LogP contribution in [0.25, 0.3) is 5.52 Å². The van der Waals surface area contributed by atoms with Gasteiger partial charge in [0.1, 0.15) is 15.4 Å². The number of benzene rings is 2. The van der Waals surface area contributed by atoms with Gasteiger partial charge in [0.2, 0.25) is 5.16 Å². The lowest BCUT2D eigenvalue weighted by Crippen LogP contribution is -2.39. The van der Waals surface area contributed by atoms with E-state index in [1.54, 1.807) is 16.6 Å². The molecular formula is C28H26FIN8O2S. The van der Waals surface area contributed by atoms with E-state index in [0.29, 0.717) is 35.6 Å².